The van der Waals surface area contributed by atoms with E-state index in [1.165, 1.54) is 86.2 Å². The van der Waals surface area contributed by atoms with Gasteiger partial charge in [0.25, 0.3) is 0 Å². The first kappa shape index (κ1) is 33.8. The van der Waals surface area contributed by atoms with Crippen LogP contribution in [0.15, 0.2) is 224 Å². The Labute approximate surface area is 347 Å². The Morgan fingerprint density at radius 2 is 0.932 bits per heavy atom. The van der Waals surface area contributed by atoms with Gasteiger partial charge in [0.05, 0.1) is 11.1 Å². The Kier molecular flexibility index (Phi) is 7.69. The maximum Gasteiger partial charge on any atom is 0.0714 e. The summed E-state index contributed by atoms with van der Waals surface area (Å²) in [6, 6.07) is 83.1. The number of hydrogen-bond donors (Lipinski definition) is 0. The molecule has 1 heterocycles. The van der Waals surface area contributed by atoms with E-state index in [2.05, 4.69) is 229 Å². The number of nitrogens with zero attached hydrogens (tertiary/aromatic N) is 1. The Balaban J connectivity index is 1.11. The molecule has 0 bridgehead atoms. The van der Waals surface area contributed by atoms with Crippen molar-refractivity contribution in [3.8, 4) is 22.3 Å². The zero-order valence-corrected chi connectivity index (χ0v) is 33.0. The number of benzene rings is 10. The van der Waals surface area contributed by atoms with E-state index in [0.29, 0.717) is 0 Å². The molecule has 0 atom stereocenters. The van der Waals surface area contributed by atoms with Crippen molar-refractivity contribution in [2.75, 3.05) is 4.90 Å². The third-order valence-corrected chi connectivity index (χ3v) is 13.7. The minimum absolute atomic E-state index is 0.506. The lowest BCUT2D eigenvalue weighted by Crippen LogP contribution is -2.28. The van der Waals surface area contributed by atoms with Gasteiger partial charge in [-0.2, -0.15) is 0 Å². The third-order valence-electron chi connectivity index (χ3n) is 12.5. The maximum absolute atomic E-state index is 2.49. The molecule has 0 unspecified atom stereocenters. The van der Waals surface area contributed by atoms with E-state index < -0.39 is 5.41 Å². The quantitative estimate of drug-likeness (QED) is 0.152. The zero-order valence-electron chi connectivity index (χ0n) is 32.2. The molecule has 11 aromatic rings. The molecule has 2 heteroatoms. The van der Waals surface area contributed by atoms with Gasteiger partial charge in [0.1, 0.15) is 0 Å². The number of anilines is 3. The van der Waals surface area contributed by atoms with Crippen LogP contribution < -0.4 is 4.90 Å². The summed E-state index contributed by atoms with van der Waals surface area (Å²) in [7, 11) is 0. The minimum Gasteiger partial charge on any atom is -0.310 e. The highest BCUT2D eigenvalue weighted by atomic mass is 32.1. The Morgan fingerprint density at radius 3 is 1.71 bits per heavy atom. The lowest BCUT2D eigenvalue weighted by atomic mass is 9.67. The summed E-state index contributed by atoms with van der Waals surface area (Å²) in [6.07, 6.45) is 0. The fourth-order valence-corrected chi connectivity index (χ4v) is 11.2. The van der Waals surface area contributed by atoms with Crippen LogP contribution in [0.2, 0.25) is 0 Å². The molecule has 0 amide bonds. The number of rotatable bonds is 6. The standard InChI is InChI=1S/C57H37NS/c1-3-17-40(18-4-1)57(41-19-5-2-6-20-41)52-28-13-11-23-47(52)48-35-34-43(37-53(48)57)58(54-36-39-16-7-8-21-44(39)46-22-9-10-24-49(46)54)42-32-30-38(31-33-42)45-26-15-27-51-50-25-12-14-29-55(50)59-56(45)51/h1-37H. The van der Waals surface area contributed by atoms with Gasteiger partial charge in [-0.3, -0.25) is 0 Å². The van der Waals surface area contributed by atoms with Crippen LogP contribution in [0.5, 0.6) is 0 Å². The van der Waals surface area contributed by atoms with E-state index >= 15 is 0 Å². The van der Waals surface area contributed by atoms with Crippen LogP contribution in [0.3, 0.4) is 0 Å². The van der Waals surface area contributed by atoms with Gasteiger partial charge in [0.15, 0.2) is 0 Å². The number of fused-ring (bicyclic) bond motifs is 9. The van der Waals surface area contributed by atoms with Gasteiger partial charge in [-0.05, 0) is 97.1 Å². The summed E-state index contributed by atoms with van der Waals surface area (Å²) < 4.78 is 2.65. The average molecular weight is 768 g/mol. The number of thiophene rings is 1. The largest absolute Gasteiger partial charge is 0.310 e. The van der Waals surface area contributed by atoms with Gasteiger partial charge >= 0.3 is 0 Å². The molecular formula is C57H37NS. The molecule has 0 aliphatic heterocycles. The molecule has 1 aromatic heterocycles. The van der Waals surface area contributed by atoms with Gasteiger partial charge in [-0.15, -0.1) is 11.3 Å². The molecule has 1 aliphatic carbocycles. The molecule has 59 heavy (non-hydrogen) atoms. The summed E-state index contributed by atoms with van der Waals surface area (Å²) in [6.45, 7) is 0. The molecular weight excluding hydrogens is 731 g/mol. The van der Waals surface area contributed by atoms with Crippen molar-refractivity contribution >= 4 is 70.1 Å². The highest BCUT2D eigenvalue weighted by molar-refractivity contribution is 7.26. The molecule has 1 nitrogen and oxygen atoms in total. The Morgan fingerprint density at radius 1 is 0.356 bits per heavy atom. The van der Waals surface area contributed by atoms with Gasteiger partial charge in [-0.1, -0.05) is 188 Å². The van der Waals surface area contributed by atoms with Crippen LogP contribution in [0, 0.1) is 0 Å². The van der Waals surface area contributed by atoms with Crippen LogP contribution in [0.4, 0.5) is 17.1 Å². The SMILES string of the molecule is c1ccc(C2(c3ccccc3)c3ccccc3-c3ccc(N(c4ccc(-c5cccc6c5sc5ccccc56)cc4)c4cc5ccccc5c5ccccc45)cc32)cc1. The fourth-order valence-electron chi connectivity index (χ4n) is 9.98. The Bertz CT molecular complexity index is 3340. The summed E-state index contributed by atoms with van der Waals surface area (Å²) in [5.74, 6) is 0. The first-order chi connectivity index (χ1) is 29.3. The lowest BCUT2D eigenvalue weighted by molar-refractivity contribution is 0.768. The van der Waals surface area contributed by atoms with Crippen LogP contribution in [0.25, 0.3) is 64.0 Å². The second kappa shape index (κ2) is 13.4. The monoisotopic (exact) mass is 767 g/mol. The van der Waals surface area contributed by atoms with Gasteiger partial charge in [0, 0.05) is 36.9 Å². The van der Waals surface area contributed by atoms with Crippen molar-refractivity contribution in [2.24, 2.45) is 0 Å². The van der Waals surface area contributed by atoms with E-state index in [4.69, 9.17) is 0 Å². The molecule has 1 aliphatic rings. The lowest BCUT2D eigenvalue weighted by Gasteiger charge is -2.35. The second-order valence-corrected chi connectivity index (χ2v) is 16.6. The third kappa shape index (κ3) is 5.10. The van der Waals surface area contributed by atoms with E-state index in [1.54, 1.807) is 0 Å². The number of hydrogen-bond acceptors (Lipinski definition) is 2. The van der Waals surface area contributed by atoms with E-state index in [9.17, 15) is 0 Å². The summed E-state index contributed by atoms with van der Waals surface area (Å²) >= 11 is 1.88. The normalized spacial score (nSPS) is 12.9. The zero-order chi connectivity index (χ0) is 38.9. The fraction of sp³-hybridized carbons (Fsp3) is 0.0175. The Hall–Kier alpha value is -7.26. The van der Waals surface area contributed by atoms with E-state index in [1.807, 2.05) is 11.3 Å². The van der Waals surface area contributed by atoms with Crippen LogP contribution >= 0.6 is 11.3 Å². The van der Waals surface area contributed by atoms with Crippen molar-refractivity contribution in [2.45, 2.75) is 5.41 Å². The molecule has 0 radical (unpaired) electrons. The molecule has 0 spiro atoms. The first-order valence-electron chi connectivity index (χ1n) is 20.3. The van der Waals surface area contributed by atoms with Crippen molar-refractivity contribution in [3.63, 3.8) is 0 Å². The van der Waals surface area contributed by atoms with E-state index in [0.717, 1.165) is 17.1 Å². The van der Waals surface area contributed by atoms with E-state index in [-0.39, 0.29) is 0 Å². The van der Waals surface area contributed by atoms with Crippen LogP contribution in [-0.4, -0.2) is 0 Å². The first-order valence-corrected chi connectivity index (χ1v) is 21.2. The average Bonchev–Trinajstić information content (AvgIpc) is 3.84. The minimum atomic E-state index is -0.506. The van der Waals surface area contributed by atoms with Gasteiger partial charge in [0.2, 0.25) is 0 Å². The highest BCUT2D eigenvalue weighted by Crippen LogP contribution is 2.57. The van der Waals surface area contributed by atoms with Crippen LogP contribution in [-0.2, 0) is 5.41 Å². The second-order valence-electron chi connectivity index (χ2n) is 15.6. The predicted octanol–water partition coefficient (Wildman–Crippen LogP) is 15.9. The summed E-state index contributed by atoms with van der Waals surface area (Å²) in [5, 5.41) is 7.57. The molecule has 0 fully saturated rings. The van der Waals surface area contributed by atoms with Gasteiger partial charge < -0.3 is 4.90 Å². The van der Waals surface area contributed by atoms with Crippen molar-refractivity contribution in [1.29, 1.82) is 0 Å². The predicted molar refractivity (Wildman–Crippen MR) is 252 cm³/mol. The molecule has 10 aromatic carbocycles. The molecule has 0 saturated carbocycles. The molecule has 0 N–H and O–H groups in total. The van der Waals surface area contributed by atoms with Gasteiger partial charge in [-0.25, -0.2) is 0 Å². The molecule has 0 saturated heterocycles. The molecule has 276 valence electrons. The molecule has 12 rings (SSSR count). The summed E-state index contributed by atoms with van der Waals surface area (Å²) in [5.41, 5.74) is 13.0. The summed E-state index contributed by atoms with van der Waals surface area (Å²) in [4.78, 5) is 2.49. The van der Waals surface area contributed by atoms with Crippen molar-refractivity contribution < 1.29 is 0 Å². The van der Waals surface area contributed by atoms with Crippen molar-refractivity contribution in [3.05, 3.63) is 247 Å². The smallest absolute Gasteiger partial charge is 0.0714 e. The highest BCUT2D eigenvalue weighted by Gasteiger charge is 2.46. The van der Waals surface area contributed by atoms with Crippen molar-refractivity contribution in [1.82, 2.24) is 0 Å². The maximum atomic E-state index is 2.49. The van der Waals surface area contributed by atoms with Crippen LogP contribution in [0.1, 0.15) is 22.3 Å². The topological polar surface area (TPSA) is 3.24 Å².